The zero-order valence-corrected chi connectivity index (χ0v) is 10.5. The van der Waals surface area contributed by atoms with E-state index in [4.69, 9.17) is 9.84 Å². The number of aromatic hydroxyl groups is 1. The Labute approximate surface area is 109 Å². The van der Waals surface area contributed by atoms with Gasteiger partial charge < -0.3 is 9.84 Å². The number of carbonyl (C=O) groups is 1. The fourth-order valence-electron chi connectivity index (χ4n) is 1.52. The SMILES string of the molecule is CCCn1nnnc1COC(=O)c1ccc(O)cc1. The Bertz CT molecular complexity index is 550. The Morgan fingerprint density at radius 1 is 1.37 bits per heavy atom. The fourth-order valence-corrected chi connectivity index (χ4v) is 1.52. The molecule has 0 amide bonds. The molecule has 19 heavy (non-hydrogen) atoms. The predicted octanol–water partition coefficient (Wildman–Crippen LogP) is 1.15. The molecule has 2 aromatic rings. The number of hydrogen-bond donors (Lipinski definition) is 1. The normalized spacial score (nSPS) is 10.4. The zero-order valence-electron chi connectivity index (χ0n) is 10.5. The van der Waals surface area contributed by atoms with E-state index in [1.165, 1.54) is 24.3 Å². The van der Waals surface area contributed by atoms with Gasteiger partial charge in [0.1, 0.15) is 5.75 Å². The first-order valence-corrected chi connectivity index (χ1v) is 5.92. The molecule has 7 nitrogen and oxygen atoms in total. The molecular formula is C12H14N4O3. The molecule has 0 spiro atoms. The lowest BCUT2D eigenvalue weighted by Gasteiger charge is -2.05. The molecule has 0 aliphatic rings. The summed E-state index contributed by atoms with van der Waals surface area (Å²) in [6.45, 7) is 2.71. The minimum atomic E-state index is -0.481. The number of hydrogen-bond acceptors (Lipinski definition) is 6. The maximum Gasteiger partial charge on any atom is 0.338 e. The number of phenolic OH excluding ortho intramolecular Hbond substituents is 1. The minimum absolute atomic E-state index is 0.0205. The number of tetrazole rings is 1. The number of rotatable bonds is 5. The van der Waals surface area contributed by atoms with Crippen LogP contribution in [0.5, 0.6) is 5.75 Å². The highest BCUT2D eigenvalue weighted by molar-refractivity contribution is 5.89. The third-order valence-electron chi connectivity index (χ3n) is 2.48. The van der Waals surface area contributed by atoms with Gasteiger partial charge in [-0.05, 0) is 41.1 Å². The molecule has 1 aromatic carbocycles. The third kappa shape index (κ3) is 3.27. The van der Waals surface area contributed by atoms with Gasteiger partial charge in [-0.3, -0.25) is 0 Å². The first kappa shape index (κ1) is 13.0. The minimum Gasteiger partial charge on any atom is -0.508 e. The van der Waals surface area contributed by atoms with Crippen molar-refractivity contribution < 1.29 is 14.6 Å². The van der Waals surface area contributed by atoms with Crippen LogP contribution >= 0.6 is 0 Å². The Kier molecular flexibility index (Phi) is 4.07. The number of benzene rings is 1. The molecule has 100 valence electrons. The second-order valence-corrected chi connectivity index (χ2v) is 3.94. The number of aromatic nitrogens is 4. The quantitative estimate of drug-likeness (QED) is 0.813. The van der Waals surface area contributed by atoms with Gasteiger partial charge in [-0.15, -0.1) is 5.10 Å². The van der Waals surface area contributed by atoms with Gasteiger partial charge in [-0.2, -0.15) is 0 Å². The molecule has 0 saturated heterocycles. The van der Waals surface area contributed by atoms with E-state index in [2.05, 4.69) is 15.5 Å². The highest BCUT2D eigenvalue weighted by atomic mass is 16.5. The number of nitrogens with zero attached hydrogens (tertiary/aromatic N) is 4. The standard InChI is InChI=1S/C12H14N4O3/c1-2-7-16-11(13-14-15-16)8-19-12(18)9-3-5-10(17)6-4-9/h3-6,17H,2,7-8H2,1H3. The zero-order chi connectivity index (χ0) is 13.7. The molecule has 0 unspecified atom stereocenters. The maximum absolute atomic E-state index is 11.7. The van der Waals surface area contributed by atoms with Gasteiger partial charge in [-0.25, -0.2) is 9.48 Å². The second-order valence-electron chi connectivity index (χ2n) is 3.94. The maximum atomic E-state index is 11.7. The van der Waals surface area contributed by atoms with Crippen molar-refractivity contribution in [1.82, 2.24) is 20.2 Å². The third-order valence-corrected chi connectivity index (χ3v) is 2.48. The Morgan fingerprint density at radius 3 is 2.79 bits per heavy atom. The molecule has 0 bridgehead atoms. The predicted molar refractivity (Wildman–Crippen MR) is 65.3 cm³/mol. The van der Waals surface area contributed by atoms with Crippen molar-refractivity contribution in [1.29, 1.82) is 0 Å². The average molecular weight is 262 g/mol. The summed E-state index contributed by atoms with van der Waals surface area (Å²) in [6.07, 6.45) is 0.893. The van der Waals surface area contributed by atoms with Crippen molar-refractivity contribution in [2.45, 2.75) is 26.5 Å². The molecule has 1 aromatic heterocycles. The van der Waals surface area contributed by atoms with E-state index in [0.29, 0.717) is 17.9 Å². The first-order chi connectivity index (χ1) is 9.20. The van der Waals surface area contributed by atoms with Crippen LogP contribution in [0.2, 0.25) is 0 Å². The van der Waals surface area contributed by atoms with Crippen LogP contribution in [-0.4, -0.2) is 31.3 Å². The summed E-state index contributed by atoms with van der Waals surface area (Å²) in [5.41, 5.74) is 0.368. The number of phenols is 1. The molecule has 1 N–H and O–H groups in total. The van der Waals surface area contributed by atoms with Crippen LogP contribution < -0.4 is 0 Å². The number of esters is 1. The highest BCUT2D eigenvalue weighted by Crippen LogP contribution is 2.11. The van der Waals surface area contributed by atoms with Gasteiger partial charge in [0.2, 0.25) is 0 Å². The molecule has 0 radical (unpaired) electrons. The molecule has 0 fully saturated rings. The number of aryl methyl sites for hydroxylation is 1. The Balaban J connectivity index is 1.96. The Morgan fingerprint density at radius 2 is 2.11 bits per heavy atom. The van der Waals surface area contributed by atoms with E-state index >= 15 is 0 Å². The highest BCUT2D eigenvalue weighted by Gasteiger charge is 2.11. The van der Waals surface area contributed by atoms with Gasteiger partial charge in [0.25, 0.3) is 0 Å². The molecule has 0 aliphatic heterocycles. The monoisotopic (exact) mass is 262 g/mol. The summed E-state index contributed by atoms with van der Waals surface area (Å²) in [7, 11) is 0. The summed E-state index contributed by atoms with van der Waals surface area (Å²) in [4.78, 5) is 11.7. The van der Waals surface area contributed by atoms with Crippen LogP contribution in [0.1, 0.15) is 29.5 Å². The van der Waals surface area contributed by atoms with Crippen molar-refractivity contribution in [2.75, 3.05) is 0 Å². The average Bonchev–Trinajstić information content (AvgIpc) is 2.85. The molecular weight excluding hydrogens is 248 g/mol. The van der Waals surface area contributed by atoms with Crippen molar-refractivity contribution >= 4 is 5.97 Å². The summed E-state index contributed by atoms with van der Waals surface area (Å²) >= 11 is 0. The van der Waals surface area contributed by atoms with E-state index in [-0.39, 0.29) is 12.4 Å². The summed E-state index contributed by atoms with van der Waals surface area (Å²) < 4.78 is 6.72. The van der Waals surface area contributed by atoms with Crippen LogP contribution in [0.4, 0.5) is 0 Å². The molecule has 0 atom stereocenters. The largest absolute Gasteiger partial charge is 0.508 e. The van der Waals surface area contributed by atoms with Crippen molar-refractivity contribution in [3.05, 3.63) is 35.7 Å². The van der Waals surface area contributed by atoms with Crippen LogP contribution in [0, 0.1) is 0 Å². The van der Waals surface area contributed by atoms with Gasteiger partial charge in [0.15, 0.2) is 12.4 Å². The molecule has 2 rings (SSSR count). The van der Waals surface area contributed by atoms with E-state index in [1.807, 2.05) is 6.92 Å². The lowest BCUT2D eigenvalue weighted by atomic mass is 10.2. The number of ether oxygens (including phenoxy) is 1. The van der Waals surface area contributed by atoms with E-state index in [0.717, 1.165) is 6.42 Å². The van der Waals surface area contributed by atoms with Gasteiger partial charge in [0.05, 0.1) is 5.56 Å². The fraction of sp³-hybridized carbons (Fsp3) is 0.333. The summed E-state index contributed by atoms with van der Waals surface area (Å²) in [5.74, 6) is 0.128. The Hall–Kier alpha value is -2.44. The second kappa shape index (κ2) is 5.94. The smallest absolute Gasteiger partial charge is 0.338 e. The van der Waals surface area contributed by atoms with Gasteiger partial charge in [0, 0.05) is 6.54 Å². The lowest BCUT2D eigenvalue weighted by Crippen LogP contribution is -2.10. The van der Waals surface area contributed by atoms with Crippen LogP contribution in [0.15, 0.2) is 24.3 Å². The molecule has 0 aliphatic carbocycles. The summed E-state index contributed by atoms with van der Waals surface area (Å²) in [6, 6.07) is 5.84. The van der Waals surface area contributed by atoms with Crippen molar-refractivity contribution in [2.24, 2.45) is 0 Å². The van der Waals surface area contributed by atoms with E-state index < -0.39 is 5.97 Å². The van der Waals surface area contributed by atoms with Gasteiger partial charge >= 0.3 is 5.97 Å². The molecule has 0 saturated carbocycles. The van der Waals surface area contributed by atoms with Gasteiger partial charge in [-0.1, -0.05) is 6.92 Å². The first-order valence-electron chi connectivity index (χ1n) is 5.92. The van der Waals surface area contributed by atoms with Crippen LogP contribution in [0.3, 0.4) is 0 Å². The van der Waals surface area contributed by atoms with E-state index in [1.54, 1.807) is 4.68 Å². The van der Waals surface area contributed by atoms with Crippen LogP contribution in [-0.2, 0) is 17.9 Å². The van der Waals surface area contributed by atoms with Crippen LogP contribution in [0.25, 0.3) is 0 Å². The number of carbonyl (C=O) groups excluding carboxylic acids is 1. The van der Waals surface area contributed by atoms with Crippen molar-refractivity contribution in [3.63, 3.8) is 0 Å². The van der Waals surface area contributed by atoms with Crippen molar-refractivity contribution in [3.8, 4) is 5.75 Å². The summed E-state index contributed by atoms with van der Waals surface area (Å²) in [5, 5.41) is 20.3. The van der Waals surface area contributed by atoms with E-state index in [9.17, 15) is 4.79 Å². The molecule has 7 heteroatoms. The molecule has 1 heterocycles. The topological polar surface area (TPSA) is 90.1 Å². The lowest BCUT2D eigenvalue weighted by molar-refractivity contribution is 0.0456.